The third-order valence-corrected chi connectivity index (χ3v) is 3.82. The minimum atomic E-state index is -0.249. The van der Waals surface area contributed by atoms with Gasteiger partial charge in [0.2, 0.25) is 5.96 Å². The van der Waals surface area contributed by atoms with Crippen LogP contribution < -0.4 is 15.4 Å². The molecule has 0 spiro atoms. The second-order valence-electron chi connectivity index (χ2n) is 5.80. The van der Waals surface area contributed by atoms with Crippen LogP contribution in [0.3, 0.4) is 0 Å². The Morgan fingerprint density at radius 2 is 2.23 bits per heavy atom. The molecule has 1 amide bonds. The maximum absolute atomic E-state index is 12.1. The molecule has 2 heterocycles. The highest BCUT2D eigenvalue weighted by atomic mass is 16.5. The molecule has 1 aromatic carbocycles. The molecule has 3 rings (SSSR count). The Labute approximate surface area is 151 Å². The number of carbonyl (C=O) groups excluding carboxylic acids is 1. The van der Waals surface area contributed by atoms with Crippen molar-refractivity contribution in [3.05, 3.63) is 47.7 Å². The van der Waals surface area contributed by atoms with Crippen molar-refractivity contribution in [1.29, 1.82) is 0 Å². The van der Waals surface area contributed by atoms with Crippen LogP contribution in [0.4, 0.5) is 0 Å². The van der Waals surface area contributed by atoms with Crippen LogP contribution in [0.25, 0.3) is 11.8 Å². The highest BCUT2D eigenvalue weighted by Gasteiger charge is 2.21. The molecule has 3 N–H and O–H groups in total. The van der Waals surface area contributed by atoms with Gasteiger partial charge in [-0.15, -0.1) is 0 Å². The zero-order chi connectivity index (χ0) is 18.5. The number of methoxy groups -OCH3 is 1. The summed E-state index contributed by atoms with van der Waals surface area (Å²) < 4.78 is 7.37. The van der Waals surface area contributed by atoms with E-state index in [0.717, 1.165) is 16.9 Å². The van der Waals surface area contributed by atoms with E-state index in [-0.39, 0.29) is 12.5 Å². The molecule has 1 aliphatic heterocycles. The summed E-state index contributed by atoms with van der Waals surface area (Å²) in [5.41, 5.74) is 3.00. The molecular formula is C18H21N5O3. The predicted molar refractivity (Wildman–Crippen MR) is 98.1 cm³/mol. The van der Waals surface area contributed by atoms with E-state index in [0.29, 0.717) is 30.4 Å². The van der Waals surface area contributed by atoms with Crippen LogP contribution in [-0.4, -0.2) is 46.8 Å². The minimum absolute atomic E-state index is 0.0655. The van der Waals surface area contributed by atoms with Gasteiger partial charge in [0.1, 0.15) is 11.4 Å². The Kier molecular flexibility index (Phi) is 5.33. The lowest BCUT2D eigenvalue weighted by molar-refractivity contribution is -0.115. The van der Waals surface area contributed by atoms with Gasteiger partial charge in [-0.1, -0.05) is 6.07 Å². The lowest BCUT2D eigenvalue weighted by Gasteiger charge is -2.10. The summed E-state index contributed by atoms with van der Waals surface area (Å²) in [4.78, 5) is 20.5. The summed E-state index contributed by atoms with van der Waals surface area (Å²) in [6, 6.07) is 5.67. The van der Waals surface area contributed by atoms with Crippen LogP contribution in [0.2, 0.25) is 0 Å². The van der Waals surface area contributed by atoms with Gasteiger partial charge in [0.05, 0.1) is 24.8 Å². The van der Waals surface area contributed by atoms with Crippen LogP contribution in [0, 0.1) is 6.92 Å². The van der Waals surface area contributed by atoms with Gasteiger partial charge in [0.25, 0.3) is 5.91 Å². The molecule has 1 aromatic heterocycles. The minimum Gasteiger partial charge on any atom is -0.495 e. The fourth-order valence-corrected chi connectivity index (χ4v) is 2.55. The van der Waals surface area contributed by atoms with Crippen molar-refractivity contribution in [3.63, 3.8) is 0 Å². The fraction of sp³-hybridized carbons (Fsp3) is 0.278. The number of benzene rings is 1. The molecule has 0 atom stereocenters. The third kappa shape index (κ3) is 3.92. The number of aliphatic hydroxyl groups excluding tert-OH is 1. The number of ether oxygens (including phenoxy) is 1. The van der Waals surface area contributed by atoms with Crippen molar-refractivity contribution < 1.29 is 14.6 Å². The van der Waals surface area contributed by atoms with Crippen molar-refractivity contribution in [3.8, 4) is 11.4 Å². The third-order valence-electron chi connectivity index (χ3n) is 3.82. The Morgan fingerprint density at radius 3 is 2.92 bits per heavy atom. The number of rotatable bonds is 6. The van der Waals surface area contributed by atoms with E-state index in [9.17, 15) is 4.79 Å². The average Bonchev–Trinajstić information content (AvgIpc) is 3.21. The lowest BCUT2D eigenvalue weighted by Crippen LogP contribution is -2.25. The average molecular weight is 355 g/mol. The van der Waals surface area contributed by atoms with Crippen LogP contribution in [0.1, 0.15) is 17.7 Å². The van der Waals surface area contributed by atoms with E-state index in [4.69, 9.17) is 9.84 Å². The van der Waals surface area contributed by atoms with Gasteiger partial charge < -0.3 is 19.7 Å². The molecule has 0 unspecified atom stereocenters. The summed E-state index contributed by atoms with van der Waals surface area (Å²) in [5.74, 6) is 0.820. The molecule has 0 radical (unpaired) electrons. The van der Waals surface area contributed by atoms with Crippen molar-refractivity contribution in [2.24, 2.45) is 4.99 Å². The van der Waals surface area contributed by atoms with Crippen molar-refractivity contribution in [2.75, 3.05) is 20.3 Å². The van der Waals surface area contributed by atoms with E-state index in [2.05, 4.69) is 20.6 Å². The summed E-state index contributed by atoms with van der Waals surface area (Å²) in [7, 11) is 1.60. The molecule has 1 aliphatic rings. The van der Waals surface area contributed by atoms with Crippen LogP contribution in [-0.2, 0) is 4.79 Å². The van der Waals surface area contributed by atoms with Gasteiger partial charge >= 0.3 is 0 Å². The summed E-state index contributed by atoms with van der Waals surface area (Å²) in [5, 5.41) is 14.4. The Balaban J connectivity index is 1.82. The molecule has 1 fully saturated rings. The highest BCUT2D eigenvalue weighted by Crippen LogP contribution is 2.25. The second kappa shape index (κ2) is 7.83. The maximum atomic E-state index is 12.1. The first-order valence-corrected chi connectivity index (χ1v) is 8.25. The number of imidazole rings is 1. The first kappa shape index (κ1) is 17.7. The number of hydrogen-bond acceptors (Lipinski definition) is 5. The van der Waals surface area contributed by atoms with E-state index in [1.165, 1.54) is 0 Å². The number of carbonyl (C=O) groups is 1. The number of aliphatic imine (C=N–C) groups is 1. The number of aromatic nitrogens is 2. The Hall–Kier alpha value is -3.13. The summed E-state index contributed by atoms with van der Waals surface area (Å²) in [6.45, 7) is 2.43. The molecule has 0 aliphatic carbocycles. The molecule has 26 heavy (non-hydrogen) atoms. The largest absolute Gasteiger partial charge is 0.495 e. The molecule has 136 valence electrons. The van der Waals surface area contributed by atoms with Crippen LogP contribution >= 0.6 is 0 Å². The monoisotopic (exact) mass is 355 g/mol. The molecule has 0 bridgehead atoms. The number of aryl methyl sites for hydroxylation is 1. The molecule has 1 saturated heterocycles. The normalized spacial score (nSPS) is 16.8. The summed E-state index contributed by atoms with van der Waals surface area (Å²) >= 11 is 0. The maximum Gasteiger partial charge on any atom is 0.274 e. The number of nitrogens with one attached hydrogen (secondary N) is 2. The first-order valence-electron chi connectivity index (χ1n) is 8.25. The lowest BCUT2D eigenvalue weighted by atomic mass is 10.1. The fourth-order valence-electron chi connectivity index (χ4n) is 2.55. The van der Waals surface area contributed by atoms with E-state index < -0.39 is 0 Å². The van der Waals surface area contributed by atoms with Crippen molar-refractivity contribution in [2.45, 2.75) is 13.3 Å². The van der Waals surface area contributed by atoms with Gasteiger partial charge in [-0.3, -0.25) is 15.1 Å². The predicted octanol–water partition coefficient (Wildman–Crippen LogP) is 0.988. The topological polar surface area (TPSA) is 101 Å². The first-order chi connectivity index (χ1) is 12.6. The second-order valence-corrected chi connectivity index (χ2v) is 5.80. The Morgan fingerprint density at radius 1 is 1.38 bits per heavy atom. The van der Waals surface area contributed by atoms with Gasteiger partial charge in [-0.2, -0.15) is 0 Å². The van der Waals surface area contributed by atoms with Crippen LogP contribution in [0.15, 0.2) is 41.4 Å². The number of aliphatic hydroxyl groups is 1. The molecule has 8 heteroatoms. The van der Waals surface area contributed by atoms with E-state index in [1.807, 2.05) is 35.9 Å². The zero-order valence-electron chi connectivity index (χ0n) is 14.7. The quantitative estimate of drug-likeness (QED) is 0.530. The van der Waals surface area contributed by atoms with E-state index >= 15 is 0 Å². The number of hydrogen-bond donors (Lipinski definition) is 3. The van der Waals surface area contributed by atoms with Gasteiger partial charge in [0.15, 0.2) is 0 Å². The standard InChI is InChI=1S/C18H21N5O3/c1-12-10-23(11-20-12)15-5-4-13(9-16(15)26-2)8-14-17(25)22-18(21-14)19-6-3-7-24/h4-5,8-11,24H,3,6-7H2,1-2H3,(H2,19,21,22,25)/b14-8-. The number of nitrogens with zero attached hydrogens (tertiary/aromatic N) is 3. The van der Waals surface area contributed by atoms with E-state index in [1.54, 1.807) is 19.5 Å². The van der Waals surface area contributed by atoms with Gasteiger partial charge in [-0.25, -0.2) is 4.98 Å². The van der Waals surface area contributed by atoms with Crippen molar-refractivity contribution >= 4 is 17.9 Å². The van der Waals surface area contributed by atoms with Crippen molar-refractivity contribution in [1.82, 2.24) is 20.2 Å². The number of amides is 1. The van der Waals surface area contributed by atoms with Gasteiger partial charge in [-0.05, 0) is 37.1 Å². The Bertz CT molecular complexity index is 869. The smallest absolute Gasteiger partial charge is 0.274 e. The molecule has 2 aromatic rings. The zero-order valence-corrected chi connectivity index (χ0v) is 14.7. The highest BCUT2D eigenvalue weighted by molar-refractivity contribution is 6.15. The number of guanidine groups is 1. The summed E-state index contributed by atoms with van der Waals surface area (Å²) in [6.07, 6.45) is 5.92. The molecular weight excluding hydrogens is 334 g/mol. The molecule has 8 nitrogen and oxygen atoms in total. The van der Waals surface area contributed by atoms with Gasteiger partial charge in [0, 0.05) is 19.3 Å². The van der Waals surface area contributed by atoms with Crippen LogP contribution in [0.5, 0.6) is 5.75 Å². The SMILES string of the molecule is COc1cc(/C=C2\NC(=NCCCO)NC2=O)ccc1-n1cnc(C)c1. The molecule has 0 saturated carbocycles.